The molecule has 1 aliphatic rings. The van der Waals surface area contributed by atoms with Crippen LogP contribution in [-0.4, -0.2) is 20.6 Å². The number of H-pyrrole nitrogens is 1. The Bertz CT molecular complexity index is 1200. The number of carbonyl (C=O) groups excluding carboxylic acids is 1. The molecule has 1 aliphatic heterocycles. The van der Waals surface area contributed by atoms with Gasteiger partial charge in [0.1, 0.15) is 5.69 Å². The molecule has 26 heavy (non-hydrogen) atoms. The fourth-order valence-corrected chi connectivity index (χ4v) is 3.70. The molecule has 0 bridgehead atoms. The third kappa shape index (κ3) is 2.93. The summed E-state index contributed by atoms with van der Waals surface area (Å²) in [6.07, 6.45) is 0.718. The van der Waals surface area contributed by atoms with Crippen LogP contribution < -0.4 is 10.6 Å². The summed E-state index contributed by atoms with van der Waals surface area (Å²) in [5, 5.41) is 12.0. The summed E-state index contributed by atoms with van der Waals surface area (Å²) < 4.78 is 2.81. The largest absolute Gasteiger partial charge is 0.493 e. The fraction of sp³-hybridized carbons (Fsp3) is 0.105. The number of nitrogens with zero attached hydrogens (tertiary/aromatic N) is 2. The number of aryl methyl sites for hydroxylation is 1. The maximum atomic E-state index is 12.4. The smallest absolute Gasteiger partial charge is 0.280 e. The van der Waals surface area contributed by atoms with E-state index in [1.54, 1.807) is 10.6 Å². The SMILES string of the molecule is O=C1N=c2ccc(Br)cc2=C1c1[nH]c(=S)n(CCc2ccccc2)c1O. The minimum atomic E-state index is -0.389. The number of fused-ring (bicyclic) bond motifs is 1. The van der Waals surface area contributed by atoms with E-state index in [0.717, 1.165) is 16.5 Å². The molecular formula is C19H14BrN3O2S. The van der Waals surface area contributed by atoms with Gasteiger partial charge < -0.3 is 10.1 Å². The number of aromatic amines is 1. The first-order chi connectivity index (χ1) is 12.5. The van der Waals surface area contributed by atoms with Crippen molar-refractivity contribution in [3.63, 3.8) is 0 Å². The molecule has 7 heteroatoms. The average Bonchev–Trinajstić information content (AvgIpc) is 3.09. The van der Waals surface area contributed by atoms with Crippen LogP contribution in [0, 0.1) is 4.77 Å². The number of imidazole rings is 1. The Balaban J connectivity index is 1.78. The number of carbonyl (C=O) groups is 1. The van der Waals surface area contributed by atoms with Gasteiger partial charge in [0.25, 0.3) is 5.91 Å². The van der Waals surface area contributed by atoms with Crippen molar-refractivity contribution in [2.75, 3.05) is 0 Å². The van der Waals surface area contributed by atoms with E-state index in [2.05, 4.69) is 25.9 Å². The summed E-state index contributed by atoms with van der Waals surface area (Å²) in [6.45, 7) is 0.509. The fourth-order valence-electron chi connectivity index (χ4n) is 3.06. The van der Waals surface area contributed by atoms with Crippen LogP contribution >= 0.6 is 28.1 Å². The average molecular weight is 428 g/mol. The number of nitrogens with one attached hydrogen (secondary N) is 1. The third-order valence-corrected chi connectivity index (χ3v) is 5.15. The number of halogens is 1. The zero-order valence-electron chi connectivity index (χ0n) is 13.6. The lowest BCUT2D eigenvalue weighted by molar-refractivity contribution is -0.112. The molecule has 1 amide bonds. The molecule has 2 N–H and O–H groups in total. The number of benzene rings is 2. The quantitative estimate of drug-likeness (QED) is 0.628. The van der Waals surface area contributed by atoms with Gasteiger partial charge >= 0.3 is 0 Å². The lowest BCUT2D eigenvalue weighted by Crippen LogP contribution is -2.23. The second-order valence-corrected chi connectivity index (χ2v) is 7.27. The van der Waals surface area contributed by atoms with Crippen molar-refractivity contribution in [1.29, 1.82) is 0 Å². The van der Waals surface area contributed by atoms with Crippen LogP contribution in [0.4, 0.5) is 0 Å². The minimum Gasteiger partial charge on any atom is -0.493 e. The molecule has 2 heterocycles. The van der Waals surface area contributed by atoms with Gasteiger partial charge in [0.05, 0.1) is 10.9 Å². The van der Waals surface area contributed by atoms with Crippen molar-refractivity contribution < 1.29 is 9.90 Å². The normalized spacial score (nSPS) is 13.0. The number of hydrogen-bond donors (Lipinski definition) is 2. The highest BCUT2D eigenvalue weighted by Gasteiger charge is 2.24. The molecule has 0 aliphatic carbocycles. The predicted octanol–water partition coefficient (Wildman–Crippen LogP) is 2.62. The maximum Gasteiger partial charge on any atom is 0.280 e. The van der Waals surface area contributed by atoms with Crippen molar-refractivity contribution in [3.8, 4) is 5.88 Å². The molecule has 5 nitrogen and oxygen atoms in total. The Labute approximate surface area is 162 Å². The van der Waals surface area contributed by atoms with Gasteiger partial charge in [0, 0.05) is 16.2 Å². The summed E-state index contributed by atoms with van der Waals surface area (Å²) in [4.78, 5) is 19.4. The molecule has 0 radical (unpaired) electrons. The zero-order valence-corrected chi connectivity index (χ0v) is 16.0. The second kappa shape index (κ2) is 6.66. The van der Waals surface area contributed by atoms with Crippen molar-refractivity contribution >= 4 is 39.6 Å². The summed E-state index contributed by atoms with van der Waals surface area (Å²) in [7, 11) is 0. The van der Waals surface area contributed by atoms with E-state index in [4.69, 9.17) is 12.2 Å². The van der Waals surface area contributed by atoms with Crippen LogP contribution in [-0.2, 0) is 17.8 Å². The van der Waals surface area contributed by atoms with Crippen LogP contribution in [0.3, 0.4) is 0 Å². The van der Waals surface area contributed by atoms with E-state index in [9.17, 15) is 9.90 Å². The van der Waals surface area contributed by atoms with Crippen LogP contribution in [0.25, 0.3) is 5.57 Å². The Kier molecular flexibility index (Phi) is 4.34. The van der Waals surface area contributed by atoms with Gasteiger partial charge in [-0.15, -0.1) is 0 Å². The van der Waals surface area contributed by atoms with Gasteiger partial charge in [-0.1, -0.05) is 46.3 Å². The second-order valence-electron chi connectivity index (χ2n) is 5.97. The summed E-state index contributed by atoms with van der Waals surface area (Å²) in [5.74, 6) is -0.433. The maximum absolute atomic E-state index is 12.4. The molecule has 0 fully saturated rings. The van der Waals surface area contributed by atoms with Crippen molar-refractivity contribution in [2.45, 2.75) is 13.0 Å². The van der Waals surface area contributed by atoms with Gasteiger partial charge in [-0.3, -0.25) is 9.36 Å². The first-order valence-electron chi connectivity index (χ1n) is 8.03. The predicted molar refractivity (Wildman–Crippen MR) is 104 cm³/mol. The monoisotopic (exact) mass is 427 g/mol. The molecule has 4 rings (SSSR count). The summed E-state index contributed by atoms with van der Waals surface area (Å²) in [5.41, 5.74) is 1.79. The standard InChI is InChI=1S/C19H14BrN3O2S/c20-12-6-7-14-13(10-12)15(17(24)21-14)16-18(25)23(19(26)22-16)9-8-11-4-2-1-3-5-11/h1-7,10,25H,8-9H2,(H,22,26). The molecule has 2 aromatic carbocycles. The van der Waals surface area contributed by atoms with Crippen molar-refractivity contribution in [3.05, 3.63) is 79.6 Å². The third-order valence-electron chi connectivity index (χ3n) is 4.34. The van der Waals surface area contributed by atoms with Crippen LogP contribution in [0.5, 0.6) is 5.88 Å². The lowest BCUT2D eigenvalue weighted by Gasteiger charge is -2.05. The first-order valence-corrected chi connectivity index (χ1v) is 9.24. The number of rotatable bonds is 4. The van der Waals surface area contributed by atoms with E-state index in [-0.39, 0.29) is 11.8 Å². The van der Waals surface area contributed by atoms with E-state index >= 15 is 0 Å². The highest BCUT2D eigenvalue weighted by molar-refractivity contribution is 9.10. The Morgan fingerprint density at radius 2 is 1.96 bits per heavy atom. The summed E-state index contributed by atoms with van der Waals surface area (Å²) >= 11 is 8.77. The van der Waals surface area contributed by atoms with Crippen molar-refractivity contribution in [1.82, 2.24) is 9.55 Å². The zero-order chi connectivity index (χ0) is 18.3. The van der Waals surface area contributed by atoms with Gasteiger partial charge in [0.2, 0.25) is 5.88 Å². The first kappa shape index (κ1) is 16.9. The minimum absolute atomic E-state index is 0.0442. The van der Waals surface area contributed by atoms with Crippen molar-refractivity contribution in [2.24, 2.45) is 4.99 Å². The van der Waals surface area contributed by atoms with Gasteiger partial charge in [0.15, 0.2) is 4.77 Å². The van der Waals surface area contributed by atoms with Crippen LogP contribution in [0.1, 0.15) is 11.3 Å². The topological polar surface area (TPSA) is 70.4 Å². The molecule has 3 aromatic rings. The molecule has 0 saturated carbocycles. The molecule has 0 saturated heterocycles. The number of amides is 1. The van der Waals surface area contributed by atoms with Crippen LogP contribution in [0.2, 0.25) is 0 Å². The van der Waals surface area contributed by atoms with E-state index in [1.807, 2.05) is 42.5 Å². The molecule has 1 aromatic heterocycles. The molecule has 0 atom stereocenters. The summed E-state index contributed by atoms with van der Waals surface area (Å²) in [6, 6.07) is 15.4. The highest BCUT2D eigenvalue weighted by Crippen LogP contribution is 2.25. The van der Waals surface area contributed by atoms with E-state index in [1.165, 1.54) is 0 Å². The van der Waals surface area contributed by atoms with E-state index < -0.39 is 0 Å². The van der Waals surface area contributed by atoms with Crippen LogP contribution in [0.15, 0.2) is 58.0 Å². The molecule has 130 valence electrons. The Morgan fingerprint density at radius 3 is 2.73 bits per heavy atom. The van der Waals surface area contributed by atoms with E-state index in [0.29, 0.717) is 33.2 Å². The number of hydrogen-bond acceptors (Lipinski definition) is 3. The molecule has 0 unspecified atom stereocenters. The highest BCUT2D eigenvalue weighted by atomic mass is 79.9. The number of aromatic nitrogens is 2. The molecule has 0 spiro atoms. The lowest BCUT2D eigenvalue weighted by atomic mass is 10.1. The number of aromatic hydroxyl groups is 1. The molecular weight excluding hydrogens is 414 g/mol. The Hall–Kier alpha value is -2.51. The van der Waals surface area contributed by atoms with Gasteiger partial charge in [-0.25, -0.2) is 4.99 Å². The van der Waals surface area contributed by atoms with Gasteiger partial charge in [-0.05, 0) is 42.4 Å². The van der Waals surface area contributed by atoms with Gasteiger partial charge in [-0.2, -0.15) is 0 Å². The Morgan fingerprint density at radius 1 is 1.19 bits per heavy atom.